The van der Waals surface area contributed by atoms with Crippen molar-refractivity contribution in [2.45, 2.75) is 6.92 Å². The van der Waals surface area contributed by atoms with Crippen LogP contribution in [0.15, 0.2) is 63.2 Å². The van der Waals surface area contributed by atoms with E-state index < -0.39 is 0 Å². The van der Waals surface area contributed by atoms with Gasteiger partial charge in [0.05, 0.1) is 12.8 Å². The fourth-order valence-electron chi connectivity index (χ4n) is 2.44. The lowest BCUT2D eigenvalue weighted by molar-refractivity contribution is 0.0998. The minimum absolute atomic E-state index is 0.110. The molecule has 1 amide bonds. The summed E-state index contributed by atoms with van der Waals surface area (Å²) < 4.78 is 10.8. The first-order valence-corrected chi connectivity index (χ1v) is 8.09. The first-order chi connectivity index (χ1) is 13.0. The van der Waals surface area contributed by atoms with E-state index in [1.165, 1.54) is 0 Å². The number of guanidine groups is 1. The molecular formula is C19H19N5O3. The van der Waals surface area contributed by atoms with Crippen LogP contribution in [0.1, 0.15) is 23.0 Å². The number of nitrogens with two attached hydrogens (primary N) is 2. The Labute approximate surface area is 155 Å². The van der Waals surface area contributed by atoms with Gasteiger partial charge in [0.15, 0.2) is 5.76 Å². The Morgan fingerprint density at radius 1 is 1.07 bits per heavy atom. The average Bonchev–Trinajstić information content (AvgIpc) is 3.10. The van der Waals surface area contributed by atoms with Crippen LogP contribution in [0.5, 0.6) is 5.75 Å². The number of nitrogens with zero attached hydrogens (tertiary/aromatic N) is 2. The van der Waals surface area contributed by atoms with Crippen LogP contribution in [-0.2, 0) is 0 Å². The largest absolute Gasteiger partial charge is 0.497 e. The monoisotopic (exact) mass is 365 g/mol. The van der Waals surface area contributed by atoms with Gasteiger partial charge in [-0.1, -0.05) is 12.1 Å². The van der Waals surface area contributed by atoms with Crippen LogP contribution in [0.2, 0.25) is 0 Å². The van der Waals surface area contributed by atoms with E-state index in [1.807, 2.05) is 6.07 Å². The lowest BCUT2D eigenvalue weighted by Gasteiger charge is -2.04. The molecule has 8 heteroatoms. The summed E-state index contributed by atoms with van der Waals surface area (Å²) in [6.45, 7) is 1.78. The van der Waals surface area contributed by atoms with Gasteiger partial charge in [0.1, 0.15) is 11.3 Å². The van der Waals surface area contributed by atoms with Gasteiger partial charge >= 0.3 is 0 Å². The van der Waals surface area contributed by atoms with Crippen molar-refractivity contribution in [3.8, 4) is 5.75 Å². The van der Waals surface area contributed by atoms with Gasteiger partial charge in [-0.2, -0.15) is 5.10 Å². The van der Waals surface area contributed by atoms with Gasteiger partial charge in [0, 0.05) is 11.1 Å². The van der Waals surface area contributed by atoms with Gasteiger partial charge in [0.25, 0.3) is 5.91 Å². The summed E-state index contributed by atoms with van der Waals surface area (Å²) in [5.74, 6) is 0.460. The number of furan rings is 1. The number of anilines is 1. The van der Waals surface area contributed by atoms with Crippen LogP contribution < -0.4 is 21.5 Å². The first-order valence-electron chi connectivity index (χ1n) is 8.09. The van der Waals surface area contributed by atoms with E-state index in [4.69, 9.17) is 20.6 Å². The van der Waals surface area contributed by atoms with Gasteiger partial charge in [0.2, 0.25) is 5.96 Å². The Kier molecular flexibility index (Phi) is 5.07. The van der Waals surface area contributed by atoms with Crippen molar-refractivity contribution < 1.29 is 13.9 Å². The van der Waals surface area contributed by atoms with Gasteiger partial charge in [-0.15, -0.1) is 5.10 Å². The molecule has 0 aliphatic carbocycles. The zero-order valence-corrected chi connectivity index (χ0v) is 14.9. The van der Waals surface area contributed by atoms with Crippen molar-refractivity contribution in [2.24, 2.45) is 21.7 Å². The Balaban J connectivity index is 1.74. The topological polar surface area (TPSA) is 128 Å². The predicted molar refractivity (Wildman–Crippen MR) is 105 cm³/mol. The second-order valence-corrected chi connectivity index (χ2v) is 5.76. The molecule has 5 N–H and O–H groups in total. The number of carbonyl (C=O) groups is 1. The zero-order valence-electron chi connectivity index (χ0n) is 14.9. The van der Waals surface area contributed by atoms with E-state index >= 15 is 0 Å². The number of hydrogen-bond acceptors (Lipinski definition) is 5. The highest BCUT2D eigenvalue weighted by atomic mass is 16.5. The fraction of sp³-hybridized carbons (Fsp3) is 0.105. The molecule has 0 bridgehead atoms. The molecule has 3 aromatic rings. The molecule has 0 aliphatic rings. The Bertz CT molecular complexity index is 1030. The van der Waals surface area contributed by atoms with Gasteiger partial charge in [-0.3, -0.25) is 4.79 Å². The molecule has 3 rings (SSSR count). The number of amides is 1. The molecule has 0 aliphatic heterocycles. The Morgan fingerprint density at radius 3 is 2.48 bits per heavy atom. The lowest BCUT2D eigenvalue weighted by Crippen LogP contribution is -2.22. The number of nitrogens with one attached hydrogen (secondary N) is 1. The van der Waals surface area contributed by atoms with Crippen molar-refractivity contribution in [2.75, 3.05) is 12.4 Å². The second-order valence-electron chi connectivity index (χ2n) is 5.76. The van der Waals surface area contributed by atoms with Crippen LogP contribution in [0, 0.1) is 0 Å². The average molecular weight is 365 g/mol. The van der Waals surface area contributed by atoms with Gasteiger partial charge < -0.3 is 25.9 Å². The maximum Gasteiger partial charge on any atom is 0.291 e. The molecule has 0 spiro atoms. The number of benzene rings is 2. The zero-order chi connectivity index (χ0) is 19.4. The van der Waals surface area contributed by atoms with E-state index in [2.05, 4.69) is 15.5 Å². The first kappa shape index (κ1) is 18.0. The maximum atomic E-state index is 12.4. The van der Waals surface area contributed by atoms with Crippen LogP contribution in [0.25, 0.3) is 11.0 Å². The number of rotatable bonds is 5. The van der Waals surface area contributed by atoms with Crippen LogP contribution >= 0.6 is 0 Å². The van der Waals surface area contributed by atoms with E-state index in [0.29, 0.717) is 22.7 Å². The summed E-state index contributed by atoms with van der Waals surface area (Å²) in [4.78, 5) is 12.4. The van der Waals surface area contributed by atoms with Gasteiger partial charge in [-0.05, 0) is 48.9 Å². The molecule has 0 saturated carbocycles. The maximum absolute atomic E-state index is 12.4. The van der Waals surface area contributed by atoms with E-state index in [0.717, 1.165) is 10.9 Å². The van der Waals surface area contributed by atoms with Crippen molar-refractivity contribution in [1.82, 2.24) is 0 Å². The van der Waals surface area contributed by atoms with Crippen LogP contribution in [0.3, 0.4) is 0 Å². The highest BCUT2D eigenvalue weighted by Crippen LogP contribution is 2.24. The third-order valence-electron chi connectivity index (χ3n) is 3.82. The predicted octanol–water partition coefficient (Wildman–Crippen LogP) is 2.69. The summed E-state index contributed by atoms with van der Waals surface area (Å²) in [5, 5.41) is 11.1. The highest BCUT2D eigenvalue weighted by Gasteiger charge is 2.13. The molecule has 1 aromatic heterocycles. The number of carbonyl (C=O) groups excluding carboxylic acids is 1. The minimum atomic E-state index is -0.344. The number of fused-ring (bicyclic) bond motifs is 1. The third-order valence-corrected chi connectivity index (χ3v) is 3.82. The standard InChI is InChI=1S/C19H19N5O3/c1-11(23-24-19(20)21)12-3-5-14(6-4-12)22-18(25)17-10-13-9-15(26-2)7-8-16(13)27-17/h3-10H,1-2H3,(H,22,25)(H4,20,21,24). The molecule has 0 fully saturated rings. The SMILES string of the molecule is COc1ccc2oc(C(=O)Nc3ccc(C(C)=NN=C(N)N)cc3)cc2c1. The molecule has 138 valence electrons. The molecule has 2 aromatic carbocycles. The molecular weight excluding hydrogens is 346 g/mol. The van der Waals surface area contributed by atoms with Crippen molar-refractivity contribution >= 4 is 34.2 Å². The normalized spacial score (nSPS) is 11.3. The molecule has 8 nitrogen and oxygen atoms in total. The van der Waals surface area contributed by atoms with E-state index in [1.54, 1.807) is 56.5 Å². The van der Waals surface area contributed by atoms with E-state index in [9.17, 15) is 4.79 Å². The smallest absolute Gasteiger partial charge is 0.291 e. The molecule has 0 unspecified atom stereocenters. The molecule has 0 saturated heterocycles. The summed E-state index contributed by atoms with van der Waals surface area (Å²) in [6.07, 6.45) is 0. The Hall–Kier alpha value is -3.81. The number of hydrogen-bond donors (Lipinski definition) is 3. The number of ether oxygens (including phenoxy) is 1. The van der Waals surface area contributed by atoms with E-state index in [-0.39, 0.29) is 17.6 Å². The van der Waals surface area contributed by atoms with Gasteiger partial charge in [-0.25, -0.2) is 0 Å². The molecule has 1 heterocycles. The lowest BCUT2D eigenvalue weighted by atomic mass is 10.1. The summed E-state index contributed by atoms with van der Waals surface area (Å²) in [5.41, 5.74) is 13.2. The molecule has 27 heavy (non-hydrogen) atoms. The Morgan fingerprint density at radius 2 is 1.81 bits per heavy atom. The molecule has 0 atom stereocenters. The van der Waals surface area contributed by atoms with Crippen molar-refractivity contribution in [3.63, 3.8) is 0 Å². The van der Waals surface area contributed by atoms with Crippen LogP contribution in [-0.4, -0.2) is 24.7 Å². The summed E-state index contributed by atoms with van der Waals surface area (Å²) >= 11 is 0. The van der Waals surface area contributed by atoms with Crippen LogP contribution in [0.4, 0.5) is 5.69 Å². The fourth-order valence-corrected chi connectivity index (χ4v) is 2.44. The number of methoxy groups -OCH3 is 1. The summed E-state index contributed by atoms with van der Waals surface area (Å²) in [6, 6.07) is 14.1. The quantitative estimate of drug-likeness (QED) is 0.364. The summed E-state index contributed by atoms with van der Waals surface area (Å²) in [7, 11) is 1.59. The minimum Gasteiger partial charge on any atom is -0.497 e. The second kappa shape index (κ2) is 7.61. The highest BCUT2D eigenvalue weighted by molar-refractivity contribution is 6.05. The molecule has 0 radical (unpaired) electrons. The van der Waals surface area contributed by atoms with Crippen molar-refractivity contribution in [1.29, 1.82) is 0 Å². The third kappa shape index (κ3) is 4.24. The van der Waals surface area contributed by atoms with Crippen molar-refractivity contribution in [3.05, 3.63) is 59.9 Å².